The molecule has 0 saturated heterocycles. The van der Waals surface area contributed by atoms with Gasteiger partial charge in [-0.2, -0.15) is 0 Å². The Labute approximate surface area is 146 Å². The van der Waals surface area contributed by atoms with Crippen molar-refractivity contribution >= 4 is 17.5 Å². The molecule has 0 aliphatic heterocycles. The van der Waals surface area contributed by atoms with Crippen LogP contribution in [0.15, 0.2) is 71.1 Å². The predicted octanol–water partition coefficient (Wildman–Crippen LogP) is 5.08. The number of hydrogen-bond donors (Lipinski definition) is 0. The summed E-state index contributed by atoms with van der Waals surface area (Å²) in [6.45, 7) is 2.81. The van der Waals surface area contributed by atoms with Crippen LogP contribution in [0.3, 0.4) is 0 Å². The third-order valence-corrected chi connectivity index (χ3v) is 3.95. The molecule has 3 nitrogen and oxygen atoms in total. The lowest BCUT2D eigenvalue weighted by Crippen LogP contribution is -2.30. The van der Waals surface area contributed by atoms with E-state index < -0.39 is 0 Å². The Morgan fingerprint density at radius 2 is 1.79 bits per heavy atom. The van der Waals surface area contributed by atoms with Crippen molar-refractivity contribution in [3.63, 3.8) is 0 Å². The number of halogens is 1. The number of hydrogen-bond acceptors (Lipinski definition) is 2. The number of benzene rings is 2. The SMILES string of the molecule is Cc1ccc(CN(Cc2ccccc2)C(=O)c2cccc(Cl)c2)o1. The Morgan fingerprint density at radius 1 is 1.00 bits per heavy atom. The van der Waals surface area contributed by atoms with Crippen molar-refractivity contribution in [3.8, 4) is 0 Å². The summed E-state index contributed by atoms with van der Waals surface area (Å²) < 4.78 is 5.64. The maximum Gasteiger partial charge on any atom is 0.254 e. The van der Waals surface area contributed by atoms with Crippen molar-refractivity contribution in [2.75, 3.05) is 0 Å². The van der Waals surface area contributed by atoms with E-state index >= 15 is 0 Å². The summed E-state index contributed by atoms with van der Waals surface area (Å²) in [5.41, 5.74) is 1.64. The van der Waals surface area contributed by atoms with Crippen molar-refractivity contribution in [1.29, 1.82) is 0 Å². The fraction of sp³-hybridized carbons (Fsp3) is 0.150. The second kappa shape index (κ2) is 7.37. The van der Waals surface area contributed by atoms with E-state index in [1.54, 1.807) is 29.2 Å². The molecule has 3 aromatic rings. The van der Waals surface area contributed by atoms with Crippen LogP contribution in [0.2, 0.25) is 5.02 Å². The van der Waals surface area contributed by atoms with E-state index in [4.69, 9.17) is 16.0 Å². The van der Waals surface area contributed by atoms with E-state index in [9.17, 15) is 4.79 Å². The molecule has 0 aliphatic carbocycles. The lowest BCUT2D eigenvalue weighted by Gasteiger charge is -2.22. The average molecular weight is 340 g/mol. The standard InChI is InChI=1S/C20H18ClNO2/c1-15-10-11-19(24-15)14-22(13-16-6-3-2-4-7-16)20(23)17-8-5-9-18(21)12-17/h2-12H,13-14H2,1H3. The first kappa shape index (κ1) is 16.3. The molecule has 0 saturated carbocycles. The van der Waals surface area contributed by atoms with Gasteiger partial charge in [0.25, 0.3) is 5.91 Å². The minimum atomic E-state index is -0.0737. The first-order chi connectivity index (χ1) is 11.6. The minimum absolute atomic E-state index is 0.0737. The molecule has 0 unspecified atom stereocenters. The first-order valence-electron chi connectivity index (χ1n) is 7.76. The molecule has 24 heavy (non-hydrogen) atoms. The van der Waals surface area contributed by atoms with Crippen LogP contribution in [0.1, 0.15) is 27.4 Å². The fourth-order valence-electron chi connectivity index (χ4n) is 2.57. The van der Waals surface area contributed by atoms with E-state index in [1.165, 1.54) is 0 Å². The van der Waals surface area contributed by atoms with Crippen molar-refractivity contribution in [2.45, 2.75) is 20.0 Å². The second-order valence-electron chi connectivity index (χ2n) is 5.67. The van der Waals surface area contributed by atoms with Crippen molar-refractivity contribution in [3.05, 3.63) is 94.4 Å². The largest absolute Gasteiger partial charge is 0.464 e. The third kappa shape index (κ3) is 4.06. The molecule has 4 heteroatoms. The highest BCUT2D eigenvalue weighted by atomic mass is 35.5. The quantitative estimate of drug-likeness (QED) is 0.649. The van der Waals surface area contributed by atoms with Gasteiger partial charge in [-0.15, -0.1) is 0 Å². The number of carbonyl (C=O) groups is 1. The van der Waals surface area contributed by atoms with Gasteiger partial charge in [0.1, 0.15) is 11.5 Å². The molecule has 0 spiro atoms. The second-order valence-corrected chi connectivity index (χ2v) is 6.11. The van der Waals surface area contributed by atoms with Gasteiger partial charge in [-0.1, -0.05) is 48.0 Å². The zero-order valence-electron chi connectivity index (χ0n) is 13.4. The average Bonchev–Trinajstić information content (AvgIpc) is 2.99. The normalized spacial score (nSPS) is 10.6. The predicted molar refractivity (Wildman–Crippen MR) is 94.9 cm³/mol. The molecular formula is C20H18ClNO2. The summed E-state index contributed by atoms with van der Waals surface area (Å²) >= 11 is 6.03. The smallest absolute Gasteiger partial charge is 0.254 e. The van der Waals surface area contributed by atoms with Gasteiger partial charge >= 0.3 is 0 Å². The van der Waals surface area contributed by atoms with Crippen LogP contribution in [-0.2, 0) is 13.1 Å². The lowest BCUT2D eigenvalue weighted by molar-refractivity contribution is 0.0717. The molecule has 0 atom stereocenters. The molecular weight excluding hydrogens is 322 g/mol. The van der Waals surface area contributed by atoms with Gasteiger partial charge in [-0.25, -0.2) is 0 Å². The van der Waals surface area contributed by atoms with Crippen LogP contribution in [-0.4, -0.2) is 10.8 Å². The molecule has 0 fully saturated rings. The summed E-state index contributed by atoms with van der Waals surface area (Å²) in [7, 11) is 0. The summed E-state index contributed by atoms with van der Waals surface area (Å²) in [6.07, 6.45) is 0. The maximum absolute atomic E-state index is 12.9. The molecule has 122 valence electrons. The molecule has 2 aromatic carbocycles. The molecule has 0 aliphatic rings. The van der Waals surface area contributed by atoms with Crippen molar-refractivity contribution in [2.24, 2.45) is 0 Å². The molecule has 3 rings (SSSR count). The highest BCUT2D eigenvalue weighted by Crippen LogP contribution is 2.18. The molecule has 0 radical (unpaired) electrons. The zero-order chi connectivity index (χ0) is 16.9. The van der Waals surface area contributed by atoms with Crippen LogP contribution in [0.4, 0.5) is 0 Å². The van der Waals surface area contributed by atoms with E-state index in [0.29, 0.717) is 23.7 Å². The maximum atomic E-state index is 12.9. The van der Waals surface area contributed by atoms with Gasteiger partial charge < -0.3 is 9.32 Å². The van der Waals surface area contributed by atoms with Gasteiger partial charge in [0, 0.05) is 17.1 Å². The topological polar surface area (TPSA) is 33.5 Å². The van der Waals surface area contributed by atoms with Gasteiger partial charge in [0.15, 0.2) is 0 Å². The highest BCUT2D eigenvalue weighted by molar-refractivity contribution is 6.30. The fourth-order valence-corrected chi connectivity index (χ4v) is 2.76. The number of furan rings is 1. The lowest BCUT2D eigenvalue weighted by atomic mass is 10.1. The Bertz CT molecular complexity index is 826. The van der Waals surface area contributed by atoms with E-state index in [0.717, 1.165) is 17.1 Å². The Hall–Kier alpha value is -2.52. The highest BCUT2D eigenvalue weighted by Gasteiger charge is 2.18. The Balaban J connectivity index is 1.87. The molecule has 1 amide bonds. The van der Waals surface area contributed by atoms with Crippen molar-refractivity contribution in [1.82, 2.24) is 4.90 Å². The molecule has 1 aromatic heterocycles. The summed E-state index contributed by atoms with van der Waals surface area (Å²) in [4.78, 5) is 14.7. The van der Waals surface area contributed by atoms with Crippen LogP contribution < -0.4 is 0 Å². The van der Waals surface area contributed by atoms with Crippen LogP contribution in [0.25, 0.3) is 0 Å². The number of amides is 1. The van der Waals surface area contributed by atoms with Crippen LogP contribution in [0.5, 0.6) is 0 Å². The van der Waals surface area contributed by atoms with Crippen LogP contribution >= 0.6 is 11.6 Å². The number of carbonyl (C=O) groups excluding carboxylic acids is 1. The van der Waals surface area contributed by atoms with Gasteiger partial charge in [0.05, 0.1) is 6.54 Å². The van der Waals surface area contributed by atoms with E-state index in [-0.39, 0.29) is 5.91 Å². The van der Waals surface area contributed by atoms with E-state index in [2.05, 4.69) is 0 Å². The van der Waals surface area contributed by atoms with Crippen molar-refractivity contribution < 1.29 is 9.21 Å². The summed E-state index contributed by atoms with van der Waals surface area (Å²) in [5, 5.41) is 0.550. The number of aryl methyl sites for hydroxylation is 1. The van der Waals surface area contributed by atoms with Crippen LogP contribution in [0, 0.1) is 6.92 Å². The summed E-state index contributed by atoms with van der Waals surface area (Å²) in [5.74, 6) is 1.52. The van der Waals surface area contributed by atoms with E-state index in [1.807, 2.05) is 49.4 Å². The zero-order valence-corrected chi connectivity index (χ0v) is 14.2. The van der Waals surface area contributed by atoms with Gasteiger partial charge in [-0.05, 0) is 42.8 Å². The van der Waals surface area contributed by atoms with Gasteiger partial charge in [-0.3, -0.25) is 4.79 Å². The Kier molecular flexibility index (Phi) is 5.02. The Morgan fingerprint density at radius 3 is 2.46 bits per heavy atom. The van der Waals surface area contributed by atoms with Gasteiger partial charge in [0.2, 0.25) is 0 Å². The monoisotopic (exact) mass is 339 g/mol. The minimum Gasteiger partial charge on any atom is -0.464 e. The first-order valence-corrected chi connectivity index (χ1v) is 8.14. The molecule has 0 N–H and O–H groups in total. The third-order valence-electron chi connectivity index (χ3n) is 3.72. The molecule has 1 heterocycles. The number of rotatable bonds is 5. The number of nitrogens with zero attached hydrogens (tertiary/aromatic N) is 1. The molecule has 0 bridgehead atoms. The summed E-state index contributed by atoms with van der Waals surface area (Å²) in [6, 6.07) is 20.7.